The zero-order valence-electron chi connectivity index (χ0n) is 14.7. The average molecular weight is 371 g/mol. The van der Waals surface area contributed by atoms with Gasteiger partial charge in [-0.25, -0.2) is 18.4 Å². The van der Waals surface area contributed by atoms with Crippen molar-refractivity contribution in [1.29, 1.82) is 0 Å². The van der Waals surface area contributed by atoms with Gasteiger partial charge in [-0.15, -0.1) is 0 Å². The molecular weight excluding hydrogens is 346 g/mol. The quantitative estimate of drug-likeness (QED) is 0.564. The van der Waals surface area contributed by atoms with Crippen molar-refractivity contribution in [3.63, 3.8) is 0 Å². The van der Waals surface area contributed by atoms with Crippen LogP contribution in [0.15, 0.2) is 18.5 Å². The number of anilines is 1. The van der Waals surface area contributed by atoms with Crippen molar-refractivity contribution >= 4 is 21.9 Å². The number of hydrogen-bond donors (Lipinski definition) is 0. The summed E-state index contributed by atoms with van der Waals surface area (Å²) in [6.07, 6.45) is 5.04. The molecule has 0 aliphatic carbocycles. The summed E-state index contributed by atoms with van der Waals surface area (Å²) >= 11 is 0. The molecule has 0 radical (unpaired) electrons. The van der Waals surface area contributed by atoms with Gasteiger partial charge in [0.25, 0.3) is 0 Å². The molecule has 25 heavy (non-hydrogen) atoms. The lowest BCUT2D eigenvalue weighted by molar-refractivity contribution is -0.131. The highest BCUT2D eigenvalue weighted by Crippen LogP contribution is 2.11. The lowest BCUT2D eigenvalue weighted by Gasteiger charge is -2.35. The lowest BCUT2D eigenvalue weighted by Crippen LogP contribution is -2.52. The van der Waals surface area contributed by atoms with Crippen LogP contribution in [0.4, 0.5) is 5.95 Å². The SMILES string of the molecule is COCCCN(CC(=O)N1CCN(c2ncccn2)CC1)S(C)(=O)=O. The third-order valence-corrected chi connectivity index (χ3v) is 5.25. The van der Waals surface area contributed by atoms with Gasteiger partial charge in [-0.2, -0.15) is 4.31 Å². The van der Waals surface area contributed by atoms with Crippen molar-refractivity contribution in [3.05, 3.63) is 18.5 Å². The molecule has 1 aromatic heterocycles. The monoisotopic (exact) mass is 371 g/mol. The number of aromatic nitrogens is 2. The van der Waals surface area contributed by atoms with Gasteiger partial charge < -0.3 is 14.5 Å². The fourth-order valence-electron chi connectivity index (χ4n) is 2.61. The number of amides is 1. The highest BCUT2D eigenvalue weighted by molar-refractivity contribution is 7.88. The molecular formula is C15H25N5O4S. The predicted molar refractivity (Wildman–Crippen MR) is 93.7 cm³/mol. The van der Waals surface area contributed by atoms with Gasteiger partial charge in [0.2, 0.25) is 21.9 Å². The summed E-state index contributed by atoms with van der Waals surface area (Å²) in [4.78, 5) is 24.6. The van der Waals surface area contributed by atoms with Crippen molar-refractivity contribution in [1.82, 2.24) is 19.2 Å². The standard InChI is InChI=1S/C15H25N5O4S/c1-24-12-4-7-20(25(2,22)23)13-14(21)18-8-10-19(11-9-18)15-16-5-3-6-17-15/h3,5-6H,4,7-13H2,1-2H3. The fraction of sp³-hybridized carbons (Fsp3) is 0.667. The second kappa shape index (κ2) is 9.07. The molecule has 2 rings (SSSR count). The third-order valence-electron chi connectivity index (χ3n) is 4.00. The van der Waals surface area contributed by atoms with Crippen molar-refractivity contribution in [2.75, 3.05) is 64.1 Å². The molecule has 1 amide bonds. The maximum atomic E-state index is 12.5. The molecule has 2 heterocycles. The number of sulfonamides is 1. The molecule has 1 saturated heterocycles. The summed E-state index contributed by atoms with van der Waals surface area (Å²) < 4.78 is 29.9. The first kappa shape index (κ1) is 19.5. The molecule has 1 aliphatic heterocycles. The molecule has 0 aromatic carbocycles. The Morgan fingerprint density at radius 3 is 2.44 bits per heavy atom. The first-order valence-corrected chi connectivity index (χ1v) is 10.0. The van der Waals surface area contributed by atoms with Gasteiger partial charge in [-0.1, -0.05) is 0 Å². The Bertz CT molecular complexity index is 647. The number of methoxy groups -OCH3 is 1. The van der Waals surface area contributed by atoms with Crippen LogP contribution in [0.2, 0.25) is 0 Å². The molecule has 140 valence electrons. The highest BCUT2D eigenvalue weighted by atomic mass is 32.2. The molecule has 0 N–H and O–H groups in total. The maximum absolute atomic E-state index is 12.5. The zero-order valence-corrected chi connectivity index (χ0v) is 15.5. The van der Waals surface area contributed by atoms with Crippen LogP contribution < -0.4 is 4.90 Å². The van der Waals surface area contributed by atoms with Gasteiger partial charge in [-0.05, 0) is 12.5 Å². The van der Waals surface area contributed by atoms with E-state index in [9.17, 15) is 13.2 Å². The molecule has 0 unspecified atom stereocenters. The van der Waals surface area contributed by atoms with Gasteiger partial charge in [0, 0.05) is 58.8 Å². The van der Waals surface area contributed by atoms with E-state index in [4.69, 9.17) is 4.74 Å². The average Bonchev–Trinajstić information content (AvgIpc) is 2.61. The summed E-state index contributed by atoms with van der Waals surface area (Å²) in [7, 11) is -1.87. The van der Waals surface area contributed by atoms with E-state index in [1.807, 2.05) is 4.90 Å². The number of piperazine rings is 1. The second-order valence-corrected chi connectivity index (χ2v) is 7.84. The van der Waals surface area contributed by atoms with Gasteiger partial charge in [0.05, 0.1) is 12.8 Å². The summed E-state index contributed by atoms with van der Waals surface area (Å²) in [5, 5.41) is 0. The maximum Gasteiger partial charge on any atom is 0.238 e. The van der Waals surface area contributed by atoms with Crippen LogP contribution in [-0.4, -0.2) is 92.7 Å². The van der Waals surface area contributed by atoms with E-state index >= 15 is 0 Å². The number of ether oxygens (including phenoxy) is 1. The molecule has 0 bridgehead atoms. The van der Waals surface area contributed by atoms with Crippen LogP contribution >= 0.6 is 0 Å². The Morgan fingerprint density at radius 1 is 1.24 bits per heavy atom. The molecule has 0 saturated carbocycles. The van der Waals surface area contributed by atoms with Crippen molar-refractivity contribution in [2.24, 2.45) is 0 Å². The van der Waals surface area contributed by atoms with Crippen molar-refractivity contribution in [3.8, 4) is 0 Å². The Balaban J connectivity index is 1.88. The van der Waals surface area contributed by atoms with Gasteiger partial charge in [0.15, 0.2) is 0 Å². The summed E-state index contributed by atoms with van der Waals surface area (Å²) in [5.74, 6) is 0.461. The minimum atomic E-state index is -3.43. The highest BCUT2D eigenvalue weighted by Gasteiger charge is 2.26. The molecule has 0 spiro atoms. The Kier molecular flexibility index (Phi) is 7.09. The Hall–Kier alpha value is -1.78. The second-order valence-electron chi connectivity index (χ2n) is 5.86. The number of carbonyl (C=O) groups is 1. The third kappa shape index (κ3) is 5.91. The topological polar surface area (TPSA) is 95.9 Å². The lowest BCUT2D eigenvalue weighted by atomic mass is 10.3. The largest absolute Gasteiger partial charge is 0.385 e. The van der Waals surface area contributed by atoms with Crippen LogP contribution in [-0.2, 0) is 19.6 Å². The number of rotatable bonds is 8. The molecule has 9 nitrogen and oxygen atoms in total. The van der Waals surface area contributed by atoms with E-state index in [1.54, 1.807) is 30.5 Å². The van der Waals surface area contributed by atoms with Crippen LogP contribution in [0.1, 0.15) is 6.42 Å². The predicted octanol–water partition coefficient (Wildman–Crippen LogP) is -0.577. The Labute approximate surface area is 148 Å². The molecule has 0 atom stereocenters. The van der Waals surface area contributed by atoms with E-state index in [1.165, 1.54) is 4.31 Å². The van der Waals surface area contributed by atoms with Crippen LogP contribution in [0, 0.1) is 0 Å². The van der Waals surface area contributed by atoms with E-state index in [0.717, 1.165) is 6.26 Å². The summed E-state index contributed by atoms with van der Waals surface area (Å²) in [5.41, 5.74) is 0. The van der Waals surface area contributed by atoms with Gasteiger partial charge in [-0.3, -0.25) is 4.79 Å². The number of carbonyl (C=O) groups excluding carboxylic acids is 1. The van der Waals surface area contributed by atoms with E-state index in [2.05, 4.69) is 9.97 Å². The molecule has 1 fully saturated rings. The zero-order chi connectivity index (χ0) is 18.3. The first-order chi connectivity index (χ1) is 11.9. The van der Waals surface area contributed by atoms with Crippen molar-refractivity contribution < 1.29 is 17.9 Å². The van der Waals surface area contributed by atoms with Crippen molar-refractivity contribution in [2.45, 2.75) is 6.42 Å². The van der Waals surface area contributed by atoms with Crippen LogP contribution in [0.25, 0.3) is 0 Å². The fourth-order valence-corrected chi connectivity index (χ4v) is 3.41. The van der Waals surface area contributed by atoms with E-state index in [-0.39, 0.29) is 19.0 Å². The van der Waals surface area contributed by atoms with E-state index < -0.39 is 10.0 Å². The van der Waals surface area contributed by atoms with E-state index in [0.29, 0.717) is 45.2 Å². The molecule has 1 aromatic rings. The van der Waals surface area contributed by atoms with Gasteiger partial charge in [0.1, 0.15) is 0 Å². The normalized spacial score (nSPS) is 15.6. The summed E-state index contributed by atoms with van der Waals surface area (Å²) in [6, 6.07) is 1.76. The molecule has 10 heteroatoms. The number of nitrogens with zero attached hydrogens (tertiary/aromatic N) is 5. The minimum absolute atomic E-state index is 0.135. The first-order valence-electron chi connectivity index (χ1n) is 8.15. The van der Waals surface area contributed by atoms with Crippen LogP contribution in [0.5, 0.6) is 0 Å². The Morgan fingerprint density at radius 2 is 1.88 bits per heavy atom. The molecule has 1 aliphatic rings. The number of hydrogen-bond acceptors (Lipinski definition) is 7. The minimum Gasteiger partial charge on any atom is -0.385 e. The van der Waals surface area contributed by atoms with Crippen LogP contribution in [0.3, 0.4) is 0 Å². The summed E-state index contributed by atoms with van der Waals surface area (Å²) in [6.45, 7) is 2.88. The smallest absolute Gasteiger partial charge is 0.238 e. The van der Waals surface area contributed by atoms with Gasteiger partial charge >= 0.3 is 0 Å².